The van der Waals surface area contributed by atoms with Crippen LogP contribution in [-0.2, 0) is 23.7 Å². The van der Waals surface area contributed by atoms with Crippen LogP contribution in [0.2, 0.25) is 0 Å². The highest BCUT2D eigenvalue weighted by atomic mass is 16.7. The number of rotatable bonds is 10. The molecule has 0 aromatic heterocycles. The van der Waals surface area contributed by atoms with Crippen LogP contribution in [0.5, 0.6) is 0 Å². The number of allylic oxidation sites excluding steroid dienone is 2. The van der Waals surface area contributed by atoms with E-state index in [9.17, 15) is 0 Å². The minimum absolute atomic E-state index is 0.221. The molecule has 0 aromatic rings. The molecule has 1 aliphatic heterocycles. The number of ether oxygens (including phenoxy) is 5. The fourth-order valence-corrected chi connectivity index (χ4v) is 2.70. The van der Waals surface area contributed by atoms with Crippen molar-refractivity contribution in [2.24, 2.45) is 0 Å². The Kier molecular flexibility index (Phi) is 9.05. The summed E-state index contributed by atoms with van der Waals surface area (Å²) in [6.07, 6.45) is 9.99. The average Bonchev–Trinajstić information content (AvgIpc) is 2.87. The largest absolute Gasteiger partial charge is 0.379 e. The maximum absolute atomic E-state index is 5.93. The van der Waals surface area contributed by atoms with E-state index in [1.165, 1.54) is 0 Å². The average molecular weight is 314 g/mol. The van der Waals surface area contributed by atoms with Crippen molar-refractivity contribution in [3.63, 3.8) is 0 Å². The van der Waals surface area contributed by atoms with Crippen molar-refractivity contribution in [1.82, 2.24) is 0 Å². The van der Waals surface area contributed by atoms with Gasteiger partial charge in [-0.3, -0.25) is 0 Å². The van der Waals surface area contributed by atoms with Gasteiger partial charge in [-0.25, -0.2) is 0 Å². The Morgan fingerprint density at radius 3 is 1.95 bits per heavy atom. The molecule has 1 aliphatic carbocycles. The third kappa shape index (κ3) is 6.75. The molecule has 5 heteroatoms. The third-order valence-corrected chi connectivity index (χ3v) is 3.82. The molecule has 0 radical (unpaired) electrons. The summed E-state index contributed by atoms with van der Waals surface area (Å²) in [6, 6.07) is 0. The molecule has 0 saturated carbocycles. The SMILES string of the molecule is CCCOCCOCCOCC1OC2CC/C=C/CC[C@@H]2O1. The van der Waals surface area contributed by atoms with Gasteiger partial charge >= 0.3 is 0 Å². The van der Waals surface area contributed by atoms with Crippen LogP contribution in [0.25, 0.3) is 0 Å². The molecule has 0 amide bonds. The standard InChI is InChI=1S/C17H30O5/c1-2-9-18-10-11-19-12-13-20-14-17-21-15-7-5-3-4-6-8-16(15)22-17/h3-4,15-17H,2,5-14H2,1H3/b4-3+/t15-,16?,17?/m0/s1. The van der Waals surface area contributed by atoms with Gasteiger partial charge in [0, 0.05) is 6.61 Å². The maximum atomic E-state index is 5.93. The van der Waals surface area contributed by atoms with Gasteiger partial charge < -0.3 is 23.7 Å². The second-order valence-electron chi connectivity index (χ2n) is 5.70. The molecular formula is C17H30O5. The topological polar surface area (TPSA) is 46.2 Å². The molecule has 128 valence electrons. The summed E-state index contributed by atoms with van der Waals surface area (Å²) in [7, 11) is 0. The summed E-state index contributed by atoms with van der Waals surface area (Å²) in [5.74, 6) is 0. The van der Waals surface area contributed by atoms with Gasteiger partial charge in [0.2, 0.25) is 0 Å². The molecule has 0 aromatic carbocycles. The Hall–Kier alpha value is -0.460. The lowest BCUT2D eigenvalue weighted by molar-refractivity contribution is -0.117. The maximum Gasteiger partial charge on any atom is 0.181 e. The van der Waals surface area contributed by atoms with Crippen LogP contribution in [0.1, 0.15) is 39.0 Å². The molecule has 1 heterocycles. The third-order valence-electron chi connectivity index (χ3n) is 3.82. The zero-order valence-corrected chi connectivity index (χ0v) is 13.7. The second kappa shape index (κ2) is 11.1. The first kappa shape index (κ1) is 17.9. The molecule has 3 atom stereocenters. The lowest BCUT2D eigenvalue weighted by Crippen LogP contribution is -2.22. The van der Waals surface area contributed by atoms with Crippen LogP contribution in [0, 0.1) is 0 Å². The van der Waals surface area contributed by atoms with Crippen molar-refractivity contribution in [1.29, 1.82) is 0 Å². The van der Waals surface area contributed by atoms with Gasteiger partial charge in [-0.05, 0) is 32.1 Å². The normalized spacial score (nSPS) is 29.8. The van der Waals surface area contributed by atoms with E-state index in [0.29, 0.717) is 33.0 Å². The summed E-state index contributed by atoms with van der Waals surface area (Å²) >= 11 is 0. The van der Waals surface area contributed by atoms with Crippen LogP contribution in [0.3, 0.4) is 0 Å². The van der Waals surface area contributed by atoms with Crippen molar-refractivity contribution < 1.29 is 23.7 Å². The Bertz CT molecular complexity index is 289. The zero-order valence-electron chi connectivity index (χ0n) is 13.7. The summed E-state index contributed by atoms with van der Waals surface area (Å²) in [5.41, 5.74) is 0. The lowest BCUT2D eigenvalue weighted by Gasteiger charge is -2.16. The van der Waals surface area contributed by atoms with Gasteiger partial charge in [0.1, 0.15) is 0 Å². The minimum atomic E-state index is -0.221. The summed E-state index contributed by atoms with van der Waals surface area (Å²) in [5, 5.41) is 0. The molecular weight excluding hydrogens is 284 g/mol. The van der Waals surface area contributed by atoms with Crippen LogP contribution < -0.4 is 0 Å². The van der Waals surface area contributed by atoms with Gasteiger partial charge in [-0.2, -0.15) is 0 Å². The van der Waals surface area contributed by atoms with E-state index in [4.69, 9.17) is 23.7 Å². The second-order valence-corrected chi connectivity index (χ2v) is 5.70. The summed E-state index contributed by atoms with van der Waals surface area (Å²) < 4.78 is 28.2. The molecule has 0 N–H and O–H groups in total. The molecule has 0 spiro atoms. The van der Waals surface area contributed by atoms with Crippen molar-refractivity contribution >= 4 is 0 Å². The Labute approximate surface area is 133 Å². The minimum Gasteiger partial charge on any atom is -0.379 e. The molecule has 1 fully saturated rings. The molecule has 2 rings (SSSR count). The fraction of sp³-hybridized carbons (Fsp3) is 0.882. The van der Waals surface area contributed by atoms with Crippen molar-refractivity contribution in [3.8, 4) is 0 Å². The van der Waals surface area contributed by atoms with Gasteiger partial charge in [0.25, 0.3) is 0 Å². The van der Waals surface area contributed by atoms with Crippen LogP contribution in [0.15, 0.2) is 12.2 Å². The van der Waals surface area contributed by atoms with E-state index in [-0.39, 0.29) is 18.5 Å². The van der Waals surface area contributed by atoms with Gasteiger partial charge in [0.05, 0.1) is 45.2 Å². The smallest absolute Gasteiger partial charge is 0.181 e. The first-order valence-electron chi connectivity index (χ1n) is 8.59. The van der Waals surface area contributed by atoms with Crippen LogP contribution >= 0.6 is 0 Å². The quantitative estimate of drug-likeness (QED) is 0.458. The Morgan fingerprint density at radius 2 is 1.36 bits per heavy atom. The first-order chi connectivity index (χ1) is 10.9. The Balaban J connectivity index is 1.46. The van der Waals surface area contributed by atoms with Crippen molar-refractivity contribution in [3.05, 3.63) is 12.2 Å². The van der Waals surface area contributed by atoms with Crippen molar-refractivity contribution in [2.45, 2.75) is 57.5 Å². The zero-order chi connectivity index (χ0) is 15.5. The molecule has 2 aliphatic rings. The molecule has 1 saturated heterocycles. The highest BCUT2D eigenvalue weighted by Gasteiger charge is 2.35. The van der Waals surface area contributed by atoms with E-state index in [1.54, 1.807) is 0 Å². The van der Waals surface area contributed by atoms with Crippen LogP contribution in [0.4, 0.5) is 0 Å². The lowest BCUT2D eigenvalue weighted by atomic mass is 10.0. The summed E-state index contributed by atoms with van der Waals surface area (Å²) in [6.45, 7) is 5.80. The molecule has 0 bridgehead atoms. The highest BCUT2D eigenvalue weighted by molar-refractivity contribution is 4.90. The van der Waals surface area contributed by atoms with Gasteiger partial charge in [0.15, 0.2) is 6.29 Å². The fourth-order valence-electron chi connectivity index (χ4n) is 2.70. The first-order valence-corrected chi connectivity index (χ1v) is 8.59. The highest BCUT2D eigenvalue weighted by Crippen LogP contribution is 2.28. The molecule has 5 nitrogen and oxygen atoms in total. The number of fused-ring (bicyclic) bond motifs is 1. The Morgan fingerprint density at radius 1 is 0.818 bits per heavy atom. The predicted octanol–water partition coefficient (Wildman–Crippen LogP) is 2.69. The van der Waals surface area contributed by atoms with Crippen molar-refractivity contribution in [2.75, 3.05) is 39.6 Å². The van der Waals surface area contributed by atoms with Gasteiger partial charge in [-0.15, -0.1) is 0 Å². The van der Waals surface area contributed by atoms with E-state index >= 15 is 0 Å². The summed E-state index contributed by atoms with van der Waals surface area (Å²) in [4.78, 5) is 0. The molecule has 22 heavy (non-hydrogen) atoms. The van der Waals surface area contributed by atoms with E-state index in [0.717, 1.165) is 38.7 Å². The van der Waals surface area contributed by atoms with E-state index in [2.05, 4.69) is 19.1 Å². The number of hydrogen-bond donors (Lipinski definition) is 0. The van der Waals surface area contributed by atoms with Crippen LogP contribution in [-0.4, -0.2) is 58.1 Å². The van der Waals surface area contributed by atoms with Gasteiger partial charge in [-0.1, -0.05) is 19.1 Å². The predicted molar refractivity (Wildman–Crippen MR) is 83.9 cm³/mol. The monoisotopic (exact) mass is 314 g/mol. The number of hydrogen-bond acceptors (Lipinski definition) is 5. The van der Waals surface area contributed by atoms with E-state index < -0.39 is 0 Å². The van der Waals surface area contributed by atoms with E-state index in [1.807, 2.05) is 0 Å². The molecule has 2 unspecified atom stereocenters.